The van der Waals surface area contributed by atoms with Gasteiger partial charge in [-0.15, -0.1) is 0 Å². The molecule has 0 saturated carbocycles. The highest BCUT2D eigenvalue weighted by molar-refractivity contribution is 6.32. The fourth-order valence-electron chi connectivity index (χ4n) is 2.92. The highest BCUT2D eigenvalue weighted by Crippen LogP contribution is 2.33. The number of aryl methyl sites for hydroxylation is 1. The highest BCUT2D eigenvalue weighted by atomic mass is 35.5. The van der Waals surface area contributed by atoms with Gasteiger partial charge < -0.3 is 9.47 Å². The fourth-order valence-corrected chi connectivity index (χ4v) is 3.16. The van der Waals surface area contributed by atoms with Crippen molar-refractivity contribution < 1.29 is 4.79 Å². The van der Waals surface area contributed by atoms with E-state index in [1.807, 2.05) is 49.6 Å². The monoisotopic (exact) mass is 296 g/mol. The molecule has 0 bridgehead atoms. The van der Waals surface area contributed by atoms with Gasteiger partial charge in [0.1, 0.15) is 0 Å². The summed E-state index contributed by atoms with van der Waals surface area (Å²) in [6.45, 7) is 0.532. The molecule has 0 radical (unpaired) electrons. The first-order chi connectivity index (χ1) is 10.1. The van der Waals surface area contributed by atoms with E-state index in [-0.39, 0.29) is 5.91 Å². The van der Waals surface area contributed by atoms with Crippen molar-refractivity contribution in [2.75, 3.05) is 4.90 Å². The van der Waals surface area contributed by atoms with E-state index in [1.165, 1.54) is 5.39 Å². The molecule has 21 heavy (non-hydrogen) atoms. The number of aromatic nitrogens is 1. The Morgan fingerprint density at radius 2 is 2.00 bits per heavy atom. The molecule has 0 atom stereocenters. The molecule has 2 heterocycles. The Bertz CT molecular complexity index is 882. The van der Waals surface area contributed by atoms with Crippen LogP contribution in [0.1, 0.15) is 15.9 Å². The quantitative estimate of drug-likeness (QED) is 0.666. The summed E-state index contributed by atoms with van der Waals surface area (Å²) < 4.78 is 2.06. The molecule has 0 aliphatic carbocycles. The van der Waals surface area contributed by atoms with Crippen molar-refractivity contribution >= 4 is 34.1 Å². The van der Waals surface area contributed by atoms with Gasteiger partial charge in [0, 0.05) is 40.6 Å². The van der Waals surface area contributed by atoms with Crippen LogP contribution in [-0.2, 0) is 13.6 Å². The molecule has 4 rings (SSSR count). The number of rotatable bonds is 1. The first kappa shape index (κ1) is 12.5. The molecule has 3 nitrogen and oxygen atoms in total. The van der Waals surface area contributed by atoms with Gasteiger partial charge in [-0.05, 0) is 35.7 Å². The van der Waals surface area contributed by atoms with Crippen molar-refractivity contribution in [3.8, 4) is 0 Å². The average molecular weight is 297 g/mol. The standard InChI is InChI=1S/C17H13ClN2O/c1-19-8-7-11-5-6-12(9-16(11)19)20-10-14-13(17(20)21)3-2-4-15(14)18/h2-9H,10H2,1H3. The van der Waals surface area contributed by atoms with E-state index < -0.39 is 0 Å². The van der Waals surface area contributed by atoms with Gasteiger partial charge in [0.2, 0.25) is 0 Å². The second-order valence-corrected chi connectivity index (χ2v) is 5.73. The zero-order chi connectivity index (χ0) is 14.6. The molecule has 1 aliphatic heterocycles. The van der Waals surface area contributed by atoms with Crippen LogP contribution in [0.25, 0.3) is 10.9 Å². The number of halogens is 1. The summed E-state index contributed by atoms with van der Waals surface area (Å²) in [6, 6.07) is 13.6. The number of benzene rings is 2. The highest BCUT2D eigenvalue weighted by Gasteiger charge is 2.30. The number of carbonyl (C=O) groups excluding carboxylic acids is 1. The van der Waals surface area contributed by atoms with E-state index in [4.69, 9.17) is 11.6 Å². The van der Waals surface area contributed by atoms with E-state index in [2.05, 4.69) is 10.6 Å². The van der Waals surface area contributed by atoms with Gasteiger partial charge in [0.05, 0.1) is 6.54 Å². The van der Waals surface area contributed by atoms with Crippen molar-refractivity contribution in [2.24, 2.45) is 7.05 Å². The van der Waals surface area contributed by atoms with Crippen LogP contribution in [0.5, 0.6) is 0 Å². The van der Waals surface area contributed by atoms with Crippen molar-refractivity contribution in [2.45, 2.75) is 6.54 Å². The lowest BCUT2D eigenvalue weighted by Crippen LogP contribution is -2.22. The zero-order valence-corrected chi connectivity index (χ0v) is 12.3. The molecule has 104 valence electrons. The average Bonchev–Trinajstić information content (AvgIpc) is 3.02. The largest absolute Gasteiger partial charge is 0.350 e. The summed E-state index contributed by atoms with van der Waals surface area (Å²) >= 11 is 6.21. The third-order valence-corrected chi connectivity index (χ3v) is 4.45. The number of hydrogen-bond donors (Lipinski definition) is 0. The van der Waals surface area contributed by atoms with Crippen LogP contribution in [-0.4, -0.2) is 10.5 Å². The van der Waals surface area contributed by atoms with Crippen LogP contribution >= 0.6 is 11.6 Å². The molecule has 0 saturated heterocycles. The molecule has 3 aromatic rings. The van der Waals surface area contributed by atoms with Crippen LogP contribution in [0.2, 0.25) is 5.02 Å². The van der Waals surface area contributed by atoms with Crippen molar-refractivity contribution in [3.63, 3.8) is 0 Å². The number of fused-ring (bicyclic) bond motifs is 2. The SMILES string of the molecule is Cn1ccc2ccc(N3Cc4c(Cl)cccc4C3=O)cc21. The molecular formula is C17H13ClN2O. The fraction of sp³-hybridized carbons (Fsp3) is 0.118. The third kappa shape index (κ3) is 1.78. The molecule has 4 heteroatoms. The van der Waals surface area contributed by atoms with Crippen molar-refractivity contribution in [3.05, 3.63) is 64.8 Å². The van der Waals surface area contributed by atoms with Gasteiger partial charge >= 0.3 is 0 Å². The lowest BCUT2D eigenvalue weighted by atomic mass is 10.1. The first-order valence-corrected chi connectivity index (χ1v) is 7.17. The lowest BCUT2D eigenvalue weighted by Gasteiger charge is -2.16. The van der Waals surface area contributed by atoms with E-state index in [1.54, 1.807) is 4.90 Å². The van der Waals surface area contributed by atoms with E-state index in [0.717, 1.165) is 16.8 Å². The third-order valence-electron chi connectivity index (χ3n) is 4.09. The van der Waals surface area contributed by atoms with Gasteiger partial charge in [-0.2, -0.15) is 0 Å². The van der Waals surface area contributed by atoms with E-state index in [0.29, 0.717) is 17.1 Å². The summed E-state index contributed by atoms with van der Waals surface area (Å²) in [4.78, 5) is 14.3. The molecule has 0 N–H and O–H groups in total. The predicted octanol–water partition coefficient (Wildman–Crippen LogP) is 3.99. The second kappa shape index (κ2) is 4.37. The molecule has 0 unspecified atom stereocenters. The first-order valence-electron chi connectivity index (χ1n) is 6.79. The molecule has 0 fully saturated rings. The van der Waals surface area contributed by atoms with Crippen LogP contribution < -0.4 is 4.90 Å². The molecular weight excluding hydrogens is 284 g/mol. The summed E-state index contributed by atoms with van der Waals surface area (Å²) in [7, 11) is 2.00. The Morgan fingerprint density at radius 1 is 1.14 bits per heavy atom. The molecule has 1 aromatic heterocycles. The topological polar surface area (TPSA) is 25.2 Å². The van der Waals surface area contributed by atoms with Gasteiger partial charge in [-0.1, -0.05) is 23.7 Å². The molecule has 1 aliphatic rings. The van der Waals surface area contributed by atoms with Crippen LogP contribution in [0.4, 0.5) is 5.69 Å². The summed E-state index contributed by atoms with van der Waals surface area (Å²) in [6.07, 6.45) is 2.02. The summed E-state index contributed by atoms with van der Waals surface area (Å²) in [5.41, 5.74) is 3.63. The van der Waals surface area contributed by atoms with Crippen molar-refractivity contribution in [1.29, 1.82) is 0 Å². The number of hydrogen-bond acceptors (Lipinski definition) is 1. The Labute approximate surface area is 127 Å². The Hall–Kier alpha value is -2.26. The Kier molecular flexibility index (Phi) is 2.59. The summed E-state index contributed by atoms with van der Waals surface area (Å²) in [5, 5.41) is 1.83. The Balaban J connectivity index is 1.82. The lowest BCUT2D eigenvalue weighted by molar-refractivity contribution is 0.0996. The zero-order valence-electron chi connectivity index (χ0n) is 11.5. The van der Waals surface area contributed by atoms with E-state index >= 15 is 0 Å². The molecule has 1 amide bonds. The van der Waals surface area contributed by atoms with Crippen LogP contribution in [0.15, 0.2) is 48.7 Å². The number of anilines is 1. The van der Waals surface area contributed by atoms with E-state index in [9.17, 15) is 4.79 Å². The predicted molar refractivity (Wildman–Crippen MR) is 84.9 cm³/mol. The maximum atomic E-state index is 12.6. The number of amides is 1. The number of carbonyl (C=O) groups is 1. The second-order valence-electron chi connectivity index (χ2n) is 5.33. The molecule has 2 aromatic carbocycles. The van der Waals surface area contributed by atoms with Gasteiger partial charge in [0.15, 0.2) is 0 Å². The number of nitrogens with zero attached hydrogens (tertiary/aromatic N) is 2. The summed E-state index contributed by atoms with van der Waals surface area (Å²) in [5.74, 6) is 0.0149. The Morgan fingerprint density at radius 3 is 2.81 bits per heavy atom. The maximum Gasteiger partial charge on any atom is 0.258 e. The minimum atomic E-state index is 0.0149. The maximum absolute atomic E-state index is 12.6. The smallest absolute Gasteiger partial charge is 0.258 e. The minimum Gasteiger partial charge on any atom is -0.350 e. The van der Waals surface area contributed by atoms with Crippen LogP contribution in [0.3, 0.4) is 0 Å². The minimum absolute atomic E-state index is 0.0149. The van der Waals surface area contributed by atoms with Gasteiger partial charge in [-0.3, -0.25) is 4.79 Å². The van der Waals surface area contributed by atoms with Gasteiger partial charge in [0.25, 0.3) is 5.91 Å². The normalized spacial score (nSPS) is 14.0. The van der Waals surface area contributed by atoms with Crippen LogP contribution in [0, 0.1) is 0 Å². The van der Waals surface area contributed by atoms with Gasteiger partial charge in [-0.25, -0.2) is 0 Å². The molecule has 0 spiro atoms. The van der Waals surface area contributed by atoms with Crippen molar-refractivity contribution in [1.82, 2.24) is 4.57 Å².